The SMILES string of the molecule is [C-]#[N+]C1=CCC(=O)C=C1. The number of allylic oxidation sites excluding steroid dienone is 3. The minimum absolute atomic E-state index is 0.0717. The van der Waals surface area contributed by atoms with Gasteiger partial charge in [-0.05, 0) is 6.08 Å². The van der Waals surface area contributed by atoms with Crippen LogP contribution < -0.4 is 0 Å². The lowest BCUT2D eigenvalue weighted by molar-refractivity contribution is -0.113. The number of hydrogen-bond acceptors (Lipinski definition) is 1. The van der Waals surface area contributed by atoms with Gasteiger partial charge in [-0.1, -0.05) is 12.2 Å². The molecule has 0 aromatic carbocycles. The first-order chi connectivity index (χ1) is 4.33. The summed E-state index contributed by atoms with van der Waals surface area (Å²) in [5.74, 6) is 0.0717. The molecule has 0 radical (unpaired) electrons. The van der Waals surface area contributed by atoms with E-state index in [0.717, 1.165) is 0 Å². The highest BCUT2D eigenvalue weighted by Gasteiger charge is 2.00. The van der Waals surface area contributed by atoms with Gasteiger partial charge in [0.1, 0.15) is 0 Å². The highest BCUT2D eigenvalue weighted by atomic mass is 16.1. The Bertz CT molecular complexity index is 230. The third-order valence-corrected chi connectivity index (χ3v) is 1.08. The minimum Gasteiger partial charge on any atom is -0.295 e. The number of carbonyl (C=O) groups excluding carboxylic acids is 1. The molecule has 0 fully saturated rings. The van der Waals surface area contributed by atoms with Gasteiger partial charge >= 0.3 is 0 Å². The largest absolute Gasteiger partial charge is 0.295 e. The highest BCUT2D eigenvalue weighted by Crippen LogP contribution is 2.06. The van der Waals surface area contributed by atoms with Gasteiger partial charge in [0.05, 0.1) is 6.57 Å². The quantitative estimate of drug-likeness (QED) is 0.440. The molecule has 0 N–H and O–H groups in total. The molecule has 0 heterocycles. The summed E-state index contributed by atoms with van der Waals surface area (Å²) >= 11 is 0. The maximum absolute atomic E-state index is 10.5. The Hall–Kier alpha value is -1.36. The molecule has 0 aliphatic heterocycles. The molecule has 1 rings (SSSR count). The summed E-state index contributed by atoms with van der Waals surface area (Å²) in [6, 6.07) is 0. The molecule has 0 saturated heterocycles. The van der Waals surface area contributed by atoms with Gasteiger partial charge in [0.2, 0.25) is 0 Å². The monoisotopic (exact) mass is 119 g/mol. The van der Waals surface area contributed by atoms with Crippen molar-refractivity contribution in [3.63, 3.8) is 0 Å². The van der Waals surface area contributed by atoms with E-state index in [2.05, 4.69) is 4.85 Å². The topological polar surface area (TPSA) is 21.4 Å². The molecule has 0 saturated carbocycles. The Balaban J connectivity index is 2.77. The third kappa shape index (κ3) is 1.26. The molecule has 2 heteroatoms. The van der Waals surface area contributed by atoms with Crippen molar-refractivity contribution < 1.29 is 4.79 Å². The van der Waals surface area contributed by atoms with E-state index in [4.69, 9.17) is 6.57 Å². The standard InChI is InChI=1S/C7H5NO/c1-8-6-2-4-7(9)5-3-6/h2-4H,5H2. The average molecular weight is 119 g/mol. The van der Waals surface area contributed by atoms with Crippen molar-refractivity contribution in [3.8, 4) is 0 Å². The van der Waals surface area contributed by atoms with Gasteiger partial charge in [-0.2, -0.15) is 0 Å². The smallest absolute Gasteiger partial charge is 0.183 e. The first-order valence-corrected chi connectivity index (χ1v) is 2.61. The lowest BCUT2D eigenvalue weighted by Gasteiger charge is -1.94. The minimum atomic E-state index is 0.0717. The summed E-state index contributed by atoms with van der Waals surface area (Å²) in [6.07, 6.45) is 5.00. The molecule has 44 valence electrons. The van der Waals surface area contributed by atoms with Crippen LogP contribution in [0.25, 0.3) is 4.85 Å². The van der Waals surface area contributed by atoms with Crippen LogP contribution in [0.3, 0.4) is 0 Å². The van der Waals surface area contributed by atoms with Crippen LogP contribution in [0, 0.1) is 6.57 Å². The van der Waals surface area contributed by atoms with E-state index in [1.165, 1.54) is 6.08 Å². The van der Waals surface area contributed by atoms with Crippen molar-refractivity contribution in [3.05, 3.63) is 35.3 Å². The molecule has 0 amide bonds. The van der Waals surface area contributed by atoms with Crippen molar-refractivity contribution in [1.82, 2.24) is 0 Å². The van der Waals surface area contributed by atoms with E-state index < -0.39 is 0 Å². The molecular weight excluding hydrogens is 114 g/mol. The van der Waals surface area contributed by atoms with Crippen molar-refractivity contribution in [2.75, 3.05) is 0 Å². The van der Waals surface area contributed by atoms with E-state index in [1.54, 1.807) is 12.2 Å². The molecule has 1 aliphatic rings. The number of carbonyl (C=O) groups is 1. The van der Waals surface area contributed by atoms with Gasteiger partial charge in [0.25, 0.3) is 0 Å². The van der Waals surface area contributed by atoms with Crippen LogP contribution in [0.2, 0.25) is 0 Å². The zero-order valence-electron chi connectivity index (χ0n) is 4.79. The summed E-state index contributed by atoms with van der Waals surface area (Å²) in [5, 5.41) is 0. The van der Waals surface area contributed by atoms with Gasteiger partial charge in [-0.15, -0.1) is 0 Å². The summed E-state index contributed by atoms with van der Waals surface area (Å²) in [5.41, 5.74) is 0.564. The maximum Gasteiger partial charge on any atom is 0.183 e. The summed E-state index contributed by atoms with van der Waals surface area (Å²) in [7, 11) is 0. The van der Waals surface area contributed by atoms with Gasteiger partial charge in [-0.25, -0.2) is 4.85 Å². The van der Waals surface area contributed by atoms with Crippen molar-refractivity contribution in [1.29, 1.82) is 0 Å². The first kappa shape index (κ1) is 5.77. The fraction of sp³-hybridized carbons (Fsp3) is 0.143. The second-order valence-corrected chi connectivity index (χ2v) is 1.74. The van der Waals surface area contributed by atoms with Gasteiger partial charge in [0, 0.05) is 6.42 Å². The number of rotatable bonds is 0. The molecule has 0 spiro atoms. The third-order valence-electron chi connectivity index (χ3n) is 1.08. The lowest BCUT2D eigenvalue weighted by atomic mass is 10.1. The van der Waals surface area contributed by atoms with Gasteiger partial charge < -0.3 is 0 Å². The van der Waals surface area contributed by atoms with Crippen LogP contribution in [-0.4, -0.2) is 5.78 Å². The van der Waals surface area contributed by atoms with Crippen LogP contribution in [0.4, 0.5) is 0 Å². The fourth-order valence-corrected chi connectivity index (χ4v) is 0.602. The van der Waals surface area contributed by atoms with E-state index >= 15 is 0 Å². The second kappa shape index (κ2) is 2.27. The zero-order valence-corrected chi connectivity index (χ0v) is 4.79. The van der Waals surface area contributed by atoms with Crippen molar-refractivity contribution in [2.45, 2.75) is 6.42 Å². The molecule has 0 unspecified atom stereocenters. The fourth-order valence-electron chi connectivity index (χ4n) is 0.602. The molecule has 2 nitrogen and oxygen atoms in total. The molecule has 9 heavy (non-hydrogen) atoms. The number of ketones is 1. The lowest BCUT2D eigenvalue weighted by Crippen LogP contribution is -1.93. The molecule has 0 atom stereocenters. The van der Waals surface area contributed by atoms with Crippen molar-refractivity contribution in [2.24, 2.45) is 0 Å². The summed E-state index contributed by atoms with van der Waals surface area (Å²) in [6.45, 7) is 6.56. The van der Waals surface area contributed by atoms with Gasteiger partial charge in [-0.3, -0.25) is 4.79 Å². The summed E-state index contributed by atoms with van der Waals surface area (Å²) < 4.78 is 0. The van der Waals surface area contributed by atoms with Gasteiger partial charge in [0.15, 0.2) is 11.5 Å². The molecule has 1 aliphatic carbocycles. The molecule has 0 bridgehead atoms. The van der Waals surface area contributed by atoms with Crippen LogP contribution in [0.1, 0.15) is 6.42 Å². The molecule has 0 aromatic rings. The zero-order chi connectivity index (χ0) is 6.69. The maximum atomic E-state index is 10.5. The van der Waals surface area contributed by atoms with Crippen LogP contribution in [0.5, 0.6) is 0 Å². The average Bonchev–Trinajstić information content (AvgIpc) is 1.90. The van der Waals surface area contributed by atoms with E-state index in [9.17, 15) is 4.79 Å². The van der Waals surface area contributed by atoms with Crippen LogP contribution in [-0.2, 0) is 4.79 Å². The van der Waals surface area contributed by atoms with E-state index in [-0.39, 0.29) is 5.78 Å². The van der Waals surface area contributed by atoms with Crippen LogP contribution in [0.15, 0.2) is 23.9 Å². The molecular formula is C7H5NO. The predicted octanol–water partition coefficient (Wildman–Crippen LogP) is 1.32. The first-order valence-electron chi connectivity index (χ1n) is 2.61. The normalized spacial score (nSPS) is 16.8. The Kier molecular flexibility index (Phi) is 1.46. The summed E-state index contributed by atoms with van der Waals surface area (Å²) in [4.78, 5) is 13.6. The Labute approximate surface area is 53.3 Å². The predicted molar refractivity (Wildman–Crippen MR) is 33.4 cm³/mol. The Morgan fingerprint density at radius 2 is 2.33 bits per heavy atom. The number of nitrogens with zero attached hydrogens (tertiary/aromatic N) is 1. The molecule has 0 aromatic heterocycles. The van der Waals surface area contributed by atoms with Crippen LogP contribution >= 0.6 is 0 Å². The van der Waals surface area contributed by atoms with E-state index in [1.807, 2.05) is 0 Å². The Morgan fingerprint density at radius 1 is 1.56 bits per heavy atom. The second-order valence-electron chi connectivity index (χ2n) is 1.74. The Morgan fingerprint density at radius 3 is 2.78 bits per heavy atom. The van der Waals surface area contributed by atoms with Crippen molar-refractivity contribution >= 4 is 5.78 Å². The highest BCUT2D eigenvalue weighted by molar-refractivity contribution is 5.92. The van der Waals surface area contributed by atoms with E-state index in [0.29, 0.717) is 12.1 Å². The number of hydrogen-bond donors (Lipinski definition) is 0.